The normalized spacial score (nSPS) is 21.8. The minimum atomic E-state index is -4.35. The average Bonchev–Trinajstić information content (AvgIpc) is 2.85. The molecule has 0 radical (unpaired) electrons. The minimum absolute atomic E-state index is 0.165. The molecule has 0 amide bonds. The van der Waals surface area contributed by atoms with Crippen molar-refractivity contribution < 1.29 is 22.7 Å². The van der Waals surface area contributed by atoms with Crippen molar-refractivity contribution in [3.05, 3.63) is 65.5 Å². The van der Waals surface area contributed by atoms with Gasteiger partial charge in [-0.3, -0.25) is 0 Å². The molecule has 2 aliphatic rings. The zero-order valence-electron chi connectivity index (χ0n) is 14.6. The van der Waals surface area contributed by atoms with E-state index in [9.17, 15) is 13.2 Å². The Morgan fingerprint density at radius 2 is 1.89 bits per heavy atom. The Hall–Kier alpha value is -2.74. The van der Waals surface area contributed by atoms with Crippen molar-refractivity contribution in [2.45, 2.75) is 25.6 Å². The molecule has 1 aromatic heterocycles. The molecular weight excluding hydrogens is 359 g/mol. The highest BCUT2D eigenvalue weighted by Gasteiger charge is 2.36. The molecular formula is C19H18F3N3O2. The van der Waals surface area contributed by atoms with E-state index in [1.807, 2.05) is 24.1 Å². The monoisotopic (exact) mass is 377 g/mol. The van der Waals surface area contributed by atoms with Crippen LogP contribution in [-0.4, -0.2) is 34.4 Å². The molecule has 0 spiro atoms. The molecule has 2 bridgehead atoms. The number of benzene rings is 1. The zero-order chi connectivity index (χ0) is 19.0. The van der Waals surface area contributed by atoms with Crippen molar-refractivity contribution in [3.8, 4) is 11.6 Å². The summed E-state index contributed by atoms with van der Waals surface area (Å²) < 4.78 is 43.8. The summed E-state index contributed by atoms with van der Waals surface area (Å²) in [6, 6.07) is 8.51. The fourth-order valence-corrected chi connectivity index (χ4v) is 3.09. The number of nitrogens with zero attached hydrogens (tertiary/aromatic N) is 3. The van der Waals surface area contributed by atoms with Gasteiger partial charge in [-0.25, -0.2) is 4.98 Å². The number of halogens is 3. The standard InChI is InChI=1S/C19H18F3N3O2/c1-13-2-7-18(23-11-13)27-25-15-8-9-24(25)12-17(10-15)26-16-5-3-14(4-6-16)19(20,21)22/h2-8,11,17H,9-10,12H2,1H3/t17-/m1/s1. The molecule has 3 heterocycles. The summed E-state index contributed by atoms with van der Waals surface area (Å²) in [5, 5.41) is 3.68. The Labute approximate surface area is 154 Å². The maximum atomic E-state index is 12.7. The van der Waals surface area contributed by atoms with E-state index in [0.717, 1.165) is 23.4 Å². The molecule has 4 rings (SSSR count). The number of hydrogen-bond donors (Lipinski definition) is 0. The average molecular weight is 377 g/mol. The van der Waals surface area contributed by atoms with E-state index < -0.39 is 11.7 Å². The van der Waals surface area contributed by atoms with Gasteiger partial charge in [0.1, 0.15) is 11.9 Å². The van der Waals surface area contributed by atoms with E-state index in [2.05, 4.69) is 4.98 Å². The molecule has 0 saturated carbocycles. The number of fused-ring (bicyclic) bond motifs is 2. The van der Waals surface area contributed by atoms with Gasteiger partial charge >= 0.3 is 6.18 Å². The van der Waals surface area contributed by atoms with Crippen molar-refractivity contribution in [3.63, 3.8) is 0 Å². The number of hydroxylamine groups is 1. The fraction of sp³-hybridized carbons (Fsp3) is 0.316. The van der Waals surface area contributed by atoms with Gasteiger partial charge in [0, 0.05) is 25.2 Å². The zero-order valence-corrected chi connectivity index (χ0v) is 14.6. The maximum Gasteiger partial charge on any atom is 0.416 e. The molecule has 1 unspecified atom stereocenters. The van der Waals surface area contributed by atoms with Crippen LogP contribution in [0, 0.1) is 6.92 Å². The Morgan fingerprint density at radius 1 is 1.11 bits per heavy atom. The SMILES string of the molecule is Cc1ccc(ON2C3=CCN2C[C@H](Oc2ccc(C(F)(F)F)cc2)C3)nc1. The summed E-state index contributed by atoms with van der Waals surface area (Å²) in [4.78, 5) is 10.1. The van der Waals surface area contributed by atoms with Gasteiger partial charge < -0.3 is 9.57 Å². The van der Waals surface area contributed by atoms with Crippen LogP contribution in [0.15, 0.2) is 54.4 Å². The highest BCUT2D eigenvalue weighted by Crippen LogP contribution is 2.33. The molecule has 5 nitrogen and oxygen atoms in total. The number of aromatic nitrogens is 1. The topological polar surface area (TPSA) is 37.8 Å². The summed E-state index contributed by atoms with van der Waals surface area (Å²) >= 11 is 0. The number of hydrogen-bond acceptors (Lipinski definition) is 5. The van der Waals surface area contributed by atoms with E-state index in [0.29, 0.717) is 31.1 Å². The van der Waals surface area contributed by atoms with Gasteiger partial charge in [0.15, 0.2) is 0 Å². The van der Waals surface area contributed by atoms with Crippen LogP contribution >= 0.6 is 0 Å². The van der Waals surface area contributed by atoms with Crippen molar-refractivity contribution >= 4 is 0 Å². The fourth-order valence-electron chi connectivity index (χ4n) is 3.09. The van der Waals surface area contributed by atoms with E-state index in [1.54, 1.807) is 17.4 Å². The first-order valence-corrected chi connectivity index (χ1v) is 8.57. The molecule has 142 valence electrons. The second-order valence-corrected chi connectivity index (χ2v) is 6.57. The van der Waals surface area contributed by atoms with Crippen molar-refractivity contribution in [1.29, 1.82) is 0 Å². The number of aryl methyl sites for hydroxylation is 1. The molecule has 27 heavy (non-hydrogen) atoms. The maximum absolute atomic E-state index is 12.7. The smallest absolute Gasteiger partial charge is 0.416 e. The lowest BCUT2D eigenvalue weighted by atomic mass is 10.1. The molecule has 1 fully saturated rings. The second-order valence-electron chi connectivity index (χ2n) is 6.57. The highest BCUT2D eigenvalue weighted by molar-refractivity contribution is 5.29. The first kappa shape index (κ1) is 17.7. The molecule has 2 aromatic rings. The minimum Gasteiger partial charge on any atom is -0.489 e. The van der Waals surface area contributed by atoms with Crippen molar-refractivity contribution in [2.75, 3.05) is 13.1 Å². The van der Waals surface area contributed by atoms with Crippen LogP contribution in [0.2, 0.25) is 0 Å². The number of hydrazine groups is 1. The third kappa shape index (κ3) is 3.85. The predicted molar refractivity (Wildman–Crippen MR) is 91.6 cm³/mol. The van der Waals surface area contributed by atoms with Crippen LogP contribution in [0.5, 0.6) is 11.6 Å². The lowest BCUT2D eigenvalue weighted by Gasteiger charge is -2.38. The summed E-state index contributed by atoms with van der Waals surface area (Å²) in [5.41, 5.74) is 1.31. The van der Waals surface area contributed by atoms with Crippen LogP contribution in [0.25, 0.3) is 0 Å². The Morgan fingerprint density at radius 3 is 2.52 bits per heavy atom. The van der Waals surface area contributed by atoms with Gasteiger partial charge in [0.05, 0.1) is 17.8 Å². The first-order valence-electron chi connectivity index (χ1n) is 8.57. The summed E-state index contributed by atoms with van der Waals surface area (Å²) in [6.45, 7) is 3.21. The van der Waals surface area contributed by atoms with Crippen LogP contribution in [0.3, 0.4) is 0 Å². The van der Waals surface area contributed by atoms with Crippen LogP contribution in [-0.2, 0) is 6.18 Å². The molecule has 0 aliphatic carbocycles. The summed E-state index contributed by atoms with van der Waals surface area (Å²) in [5.74, 6) is 0.921. The summed E-state index contributed by atoms with van der Waals surface area (Å²) in [6.07, 6.45) is -0.128. The van der Waals surface area contributed by atoms with Gasteiger partial charge in [-0.1, -0.05) is 6.07 Å². The van der Waals surface area contributed by atoms with E-state index in [4.69, 9.17) is 9.57 Å². The van der Waals surface area contributed by atoms with E-state index in [-0.39, 0.29) is 6.10 Å². The molecule has 2 aliphatic heterocycles. The molecule has 2 atom stereocenters. The first-order chi connectivity index (χ1) is 12.9. The van der Waals surface area contributed by atoms with Gasteiger partial charge in [0.25, 0.3) is 0 Å². The van der Waals surface area contributed by atoms with Gasteiger partial charge in [-0.2, -0.15) is 18.2 Å². The molecule has 1 saturated heterocycles. The quantitative estimate of drug-likeness (QED) is 0.806. The van der Waals surface area contributed by atoms with Crippen LogP contribution in [0.1, 0.15) is 17.5 Å². The number of ether oxygens (including phenoxy) is 1. The Balaban J connectivity index is 1.38. The van der Waals surface area contributed by atoms with E-state index in [1.165, 1.54) is 12.1 Å². The van der Waals surface area contributed by atoms with Crippen molar-refractivity contribution in [2.24, 2.45) is 0 Å². The van der Waals surface area contributed by atoms with E-state index >= 15 is 0 Å². The van der Waals surface area contributed by atoms with Crippen LogP contribution in [0.4, 0.5) is 13.2 Å². The highest BCUT2D eigenvalue weighted by atomic mass is 19.4. The summed E-state index contributed by atoms with van der Waals surface area (Å²) in [7, 11) is 0. The second kappa shape index (κ2) is 6.77. The molecule has 1 aromatic carbocycles. The number of rotatable bonds is 4. The van der Waals surface area contributed by atoms with Gasteiger partial charge in [-0.15, -0.1) is 5.17 Å². The van der Waals surface area contributed by atoms with Gasteiger partial charge in [0.2, 0.25) is 5.88 Å². The van der Waals surface area contributed by atoms with Crippen LogP contribution < -0.4 is 9.57 Å². The predicted octanol–water partition coefficient (Wildman–Crippen LogP) is 3.97. The third-order valence-corrected chi connectivity index (χ3v) is 4.44. The van der Waals surface area contributed by atoms with Crippen molar-refractivity contribution in [1.82, 2.24) is 15.2 Å². The molecule has 8 heteroatoms. The lowest BCUT2D eigenvalue weighted by Crippen LogP contribution is -2.50. The Bertz CT molecular complexity index is 835. The Kier molecular flexibility index (Phi) is 4.43. The lowest BCUT2D eigenvalue weighted by molar-refractivity contribution is -0.203. The largest absolute Gasteiger partial charge is 0.489 e. The third-order valence-electron chi connectivity index (χ3n) is 4.44. The number of pyridine rings is 1. The number of alkyl halides is 3. The van der Waals surface area contributed by atoms with Gasteiger partial charge in [-0.05, 0) is 42.8 Å². The molecule has 0 N–H and O–H groups in total.